The second-order valence-electron chi connectivity index (χ2n) is 6.86. The normalized spacial score (nSPS) is 16.1. The molecule has 2 aromatic carbocycles. The maximum absolute atomic E-state index is 6.09. The van der Waals surface area contributed by atoms with E-state index in [9.17, 15) is 0 Å². The van der Waals surface area contributed by atoms with Crippen LogP contribution in [0.15, 0.2) is 47.5 Å². The molecule has 7 nitrogen and oxygen atoms in total. The minimum Gasteiger partial charge on any atom is -0.493 e. The van der Waals surface area contributed by atoms with Crippen molar-refractivity contribution in [2.24, 2.45) is 4.99 Å². The first-order valence-electron chi connectivity index (χ1n) is 9.91. The molecule has 0 radical (unpaired) electrons. The number of morpholine rings is 1. The molecule has 2 aromatic rings. The van der Waals surface area contributed by atoms with Crippen molar-refractivity contribution in [3.63, 3.8) is 0 Å². The number of nitrogens with zero attached hydrogens (tertiary/aromatic N) is 2. The highest BCUT2D eigenvalue weighted by Crippen LogP contribution is 2.29. The molecule has 8 heteroatoms. The molecule has 1 fully saturated rings. The lowest BCUT2D eigenvalue weighted by Crippen LogP contribution is -2.44. The molecule has 0 aliphatic carbocycles. The molecule has 2 N–H and O–H groups in total. The maximum atomic E-state index is 6.09. The Kier molecular flexibility index (Phi) is 8.19. The van der Waals surface area contributed by atoms with E-state index in [1.54, 1.807) is 21.3 Å². The summed E-state index contributed by atoms with van der Waals surface area (Å²) in [7, 11) is 4.99. The van der Waals surface area contributed by atoms with Crippen LogP contribution in [0, 0.1) is 0 Å². The van der Waals surface area contributed by atoms with Crippen molar-refractivity contribution in [1.29, 1.82) is 0 Å². The Balaban J connectivity index is 1.70. The van der Waals surface area contributed by atoms with Crippen molar-refractivity contribution < 1.29 is 14.2 Å². The lowest BCUT2D eigenvalue weighted by molar-refractivity contribution is 0.0170. The second-order valence-corrected chi connectivity index (χ2v) is 7.30. The minimum atomic E-state index is 0.176. The molecule has 0 amide bonds. The summed E-state index contributed by atoms with van der Waals surface area (Å²) in [4.78, 5) is 6.78. The Hall–Kier alpha value is -2.48. The number of aliphatic imine (C=N–C) groups is 1. The number of rotatable bonds is 7. The number of anilines is 1. The van der Waals surface area contributed by atoms with E-state index in [0.29, 0.717) is 24.0 Å². The topological polar surface area (TPSA) is 67.4 Å². The van der Waals surface area contributed by atoms with E-state index in [-0.39, 0.29) is 6.04 Å². The van der Waals surface area contributed by atoms with E-state index in [4.69, 9.17) is 25.8 Å². The van der Waals surface area contributed by atoms with Crippen LogP contribution in [0.25, 0.3) is 0 Å². The second kappa shape index (κ2) is 11.1. The Morgan fingerprint density at radius 3 is 2.43 bits per heavy atom. The monoisotopic (exact) mass is 432 g/mol. The van der Waals surface area contributed by atoms with Gasteiger partial charge in [-0.2, -0.15) is 0 Å². The van der Waals surface area contributed by atoms with Crippen LogP contribution < -0.4 is 20.1 Å². The quantitative estimate of drug-likeness (QED) is 0.516. The number of methoxy groups -OCH3 is 2. The number of ether oxygens (including phenoxy) is 3. The fourth-order valence-corrected chi connectivity index (χ4v) is 3.58. The van der Waals surface area contributed by atoms with Crippen molar-refractivity contribution in [2.75, 3.05) is 59.4 Å². The lowest BCUT2D eigenvalue weighted by Gasteiger charge is -2.35. The van der Waals surface area contributed by atoms with E-state index in [0.717, 1.165) is 37.0 Å². The van der Waals surface area contributed by atoms with Gasteiger partial charge in [0.2, 0.25) is 0 Å². The molecule has 1 aliphatic heterocycles. The van der Waals surface area contributed by atoms with Crippen molar-refractivity contribution in [1.82, 2.24) is 10.2 Å². The van der Waals surface area contributed by atoms with E-state index in [2.05, 4.69) is 32.7 Å². The van der Waals surface area contributed by atoms with Crippen molar-refractivity contribution in [3.8, 4) is 11.5 Å². The van der Waals surface area contributed by atoms with Crippen LogP contribution in [-0.2, 0) is 4.74 Å². The third kappa shape index (κ3) is 5.78. The van der Waals surface area contributed by atoms with Crippen LogP contribution in [0.2, 0.25) is 5.02 Å². The zero-order valence-corrected chi connectivity index (χ0v) is 18.4. The Morgan fingerprint density at radius 2 is 1.80 bits per heavy atom. The number of guanidine groups is 1. The van der Waals surface area contributed by atoms with Crippen LogP contribution >= 0.6 is 11.6 Å². The van der Waals surface area contributed by atoms with Gasteiger partial charge < -0.3 is 24.8 Å². The summed E-state index contributed by atoms with van der Waals surface area (Å²) < 4.78 is 16.2. The van der Waals surface area contributed by atoms with Crippen molar-refractivity contribution in [2.45, 2.75) is 6.04 Å². The van der Waals surface area contributed by atoms with Gasteiger partial charge in [0, 0.05) is 43.5 Å². The summed E-state index contributed by atoms with van der Waals surface area (Å²) >= 11 is 6.09. The molecular formula is C22H29ClN4O3. The van der Waals surface area contributed by atoms with Crippen LogP contribution in [0.4, 0.5) is 5.69 Å². The number of nitrogens with one attached hydrogen (secondary N) is 2. The average Bonchev–Trinajstić information content (AvgIpc) is 2.80. The Morgan fingerprint density at radius 1 is 1.10 bits per heavy atom. The molecule has 162 valence electrons. The molecule has 1 unspecified atom stereocenters. The summed E-state index contributed by atoms with van der Waals surface area (Å²) in [6.45, 7) is 3.94. The summed E-state index contributed by atoms with van der Waals surface area (Å²) in [5, 5.41) is 7.49. The van der Waals surface area contributed by atoms with Crippen LogP contribution in [0.5, 0.6) is 11.5 Å². The van der Waals surface area contributed by atoms with Crippen molar-refractivity contribution >= 4 is 23.2 Å². The van der Waals surface area contributed by atoms with Gasteiger partial charge in [0.05, 0.1) is 33.5 Å². The third-order valence-corrected chi connectivity index (χ3v) is 5.33. The van der Waals surface area contributed by atoms with Gasteiger partial charge in [-0.1, -0.05) is 23.7 Å². The first-order valence-corrected chi connectivity index (χ1v) is 10.3. The molecule has 30 heavy (non-hydrogen) atoms. The van der Waals surface area contributed by atoms with Crippen LogP contribution in [0.1, 0.15) is 11.6 Å². The van der Waals surface area contributed by atoms with Crippen LogP contribution in [0.3, 0.4) is 0 Å². The number of halogens is 1. The van der Waals surface area contributed by atoms with Gasteiger partial charge in [-0.25, -0.2) is 0 Å². The lowest BCUT2D eigenvalue weighted by atomic mass is 10.0. The minimum absolute atomic E-state index is 0.176. The first-order chi connectivity index (χ1) is 14.6. The maximum Gasteiger partial charge on any atom is 0.195 e. The Bertz CT molecular complexity index is 839. The summed E-state index contributed by atoms with van der Waals surface area (Å²) in [5.74, 6) is 2.01. The summed E-state index contributed by atoms with van der Waals surface area (Å²) in [6, 6.07) is 13.9. The van der Waals surface area contributed by atoms with E-state index in [1.807, 2.05) is 30.3 Å². The highest BCUT2D eigenvalue weighted by Gasteiger charge is 2.23. The van der Waals surface area contributed by atoms with Gasteiger partial charge in [-0.3, -0.25) is 9.89 Å². The standard InChI is InChI=1S/C22H29ClN4O3/c1-24-22(26-18-8-9-20(28-2)21(14-18)29-3)25-15-19(27-10-12-30-13-11-27)16-4-6-17(23)7-5-16/h4-9,14,19H,10-13,15H2,1-3H3,(H2,24,25,26). The van der Waals surface area contributed by atoms with E-state index >= 15 is 0 Å². The molecule has 3 rings (SSSR count). The summed E-state index contributed by atoms with van der Waals surface area (Å²) in [5.41, 5.74) is 2.06. The molecule has 1 aliphatic rings. The fraction of sp³-hybridized carbons (Fsp3) is 0.409. The predicted octanol–water partition coefficient (Wildman–Crippen LogP) is 3.42. The summed E-state index contributed by atoms with van der Waals surface area (Å²) in [6.07, 6.45) is 0. The van der Waals surface area contributed by atoms with Gasteiger partial charge in [-0.05, 0) is 29.8 Å². The molecule has 0 bridgehead atoms. The Labute approximate surface area is 183 Å². The third-order valence-electron chi connectivity index (χ3n) is 5.07. The SMILES string of the molecule is CN=C(NCC(c1ccc(Cl)cc1)N1CCOCC1)Nc1ccc(OC)c(OC)c1. The average molecular weight is 433 g/mol. The first kappa shape index (κ1) is 22.2. The zero-order chi connectivity index (χ0) is 21.3. The van der Waals surface area contributed by atoms with E-state index < -0.39 is 0 Å². The highest BCUT2D eigenvalue weighted by atomic mass is 35.5. The van der Waals surface area contributed by atoms with E-state index in [1.165, 1.54) is 5.56 Å². The molecule has 0 aromatic heterocycles. The molecule has 1 heterocycles. The molecule has 0 spiro atoms. The molecule has 0 saturated carbocycles. The number of benzene rings is 2. The van der Waals surface area contributed by atoms with Gasteiger partial charge in [0.25, 0.3) is 0 Å². The van der Waals surface area contributed by atoms with Gasteiger partial charge >= 0.3 is 0 Å². The largest absolute Gasteiger partial charge is 0.493 e. The fourth-order valence-electron chi connectivity index (χ4n) is 3.46. The predicted molar refractivity (Wildman–Crippen MR) is 121 cm³/mol. The van der Waals surface area contributed by atoms with Gasteiger partial charge in [0.1, 0.15) is 0 Å². The smallest absolute Gasteiger partial charge is 0.195 e. The van der Waals surface area contributed by atoms with Gasteiger partial charge in [-0.15, -0.1) is 0 Å². The highest BCUT2D eigenvalue weighted by molar-refractivity contribution is 6.30. The van der Waals surface area contributed by atoms with Gasteiger partial charge in [0.15, 0.2) is 17.5 Å². The molecule has 1 atom stereocenters. The van der Waals surface area contributed by atoms with Crippen LogP contribution in [-0.4, -0.2) is 65.0 Å². The molecular weight excluding hydrogens is 404 g/mol. The number of hydrogen-bond acceptors (Lipinski definition) is 5. The molecule has 1 saturated heterocycles. The van der Waals surface area contributed by atoms with Crippen molar-refractivity contribution in [3.05, 3.63) is 53.1 Å². The number of hydrogen-bond donors (Lipinski definition) is 2. The zero-order valence-electron chi connectivity index (χ0n) is 17.7.